The lowest BCUT2D eigenvalue weighted by Crippen LogP contribution is -2.35. The SMILES string of the molecule is CC(O)C(=O)NCc1ccc2c(c1)N(C)C(=O)CO2. The second-order valence-corrected chi connectivity index (χ2v) is 4.44. The molecular formula is C13H16N2O4. The first kappa shape index (κ1) is 13.4. The van der Waals surface area contributed by atoms with E-state index in [0.29, 0.717) is 18.0 Å². The Morgan fingerprint density at radius 2 is 2.32 bits per heavy atom. The summed E-state index contributed by atoms with van der Waals surface area (Å²) >= 11 is 0. The van der Waals surface area contributed by atoms with E-state index in [9.17, 15) is 9.59 Å². The molecule has 0 saturated heterocycles. The molecule has 0 radical (unpaired) electrons. The average molecular weight is 264 g/mol. The highest BCUT2D eigenvalue weighted by atomic mass is 16.5. The van der Waals surface area contributed by atoms with E-state index in [2.05, 4.69) is 5.32 Å². The first-order valence-corrected chi connectivity index (χ1v) is 5.97. The molecule has 19 heavy (non-hydrogen) atoms. The number of nitrogens with one attached hydrogen (secondary N) is 1. The maximum atomic E-state index is 11.5. The van der Waals surface area contributed by atoms with Gasteiger partial charge in [0, 0.05) is 13.6 Å². The number of aliphatic hydroxyl groups excluding tert-OH is 1. The lowest BCUT2D eigenvalue weighted by molar-refractivity contribution is -0.128. The van der Waals surface area contributed by atoms with Crippen molar-refractivity contribution in [2.24, 2.45) is 0 Å². The first-order valence-electron chi connectivity index (χ1n) is 5.97. The van der Waals surface area contributed by atoms with Gasteiger partial charge >= 0.3 is 0 Å². The monoisotopic (exact) mass is 264 g/mol. The summed E-state index contributed by atoms with van der Waals surface area (Å²) in [5.74, 6) is 0.101. The fraction of sp³-hybridized carbons (Fsp3) is 0.385. The number of ether oxygens (including phenoxy) is 1. The largest absolute Gasteiger partial charge is 0.482 e. The van der Waals surface area contributed by atoms with Gasteiger partial charge in [-0.15, -0.1) is 0 Å². The van der Waals surface area contributed by atoms with Gasteiger partial charge in [0.1, 0.15) is 11.9 Å². The Morgan fingerprint density at radius 1 is 1.58 bits per heavy atom. The third kappa shape index (κ3) is 2.85. The van der Waals surface area contributed by atoms with E-state index in [1.54, 1.807) is 19.2 Å². The van der Waals surface area contributed by atoms with Gasteiger partial charge in [-0.1, -0.05) is 6.07 Å². The molecule has 1 aliphatic heterocycles. The van der Waals surface area contributed by atoms with Crippen LogP contribution < -0.4 is 15.0 Å². The summed E-state index contributed by atoms with van der Waals surface area (Å²) < 4.78 is 5.31. The fourth-order valence-electron chi connectivity index (χ4n) is 1.76. The predicted molar refractivity (Wildman–Crippen MR) is 68.9 cm³/mol. The number of amides is 2. The minimum absolute atomic E-state index is 0.0433. The second kappa shape index (κ2) is 5.27. The quantitative estimate of drug-likeness (QED) is 0.808. The smallest absolute Gasteiger partial charge is 0.264 e. The molecule has 0 bridgehead atoms. The van der Waals surface area contributed by atoms with Crippen molar-refractivity contribution in [2.75, 3.05) is 18.6 Å². The van der Waals surface area contributed by atoms with Crippen LogP contribution in [0.4, 0.5) is 5.69 Å². The van der Waals surface area contributed by atoms with Crippen LogP contribution in [0, 0.1) is 0 Å². The summed E-state index contributed by atoms with van der Waals surface area (Å²) in [5.41, 5.74) is 1.51. The van der Waals surface area contributed by atoms with Crippen molar-refractivity contribution in [3.63, 3.8) is 0 Å². The van der Waals surface area contributed by atoms with E-state index in [0.717, 1.165) is 5.56 Å². The summed E-state index contributed by atoms with van der Waals surface area (Å²) in [4.78, 5) is 24.3. The van der Waals surface area contributed by atoms with Gasteiger partial charge in [-0.2, -0.15) is 0 Å². The fourth-order valence-corrected chi connectivity index (χ4v) is 1.76. The van der Waals surface area contributed by atoms with Crippen molar-refractivity contribution in [1.82, 2.24) is 5.32 Å². The molecule has 1 aromatic rings. The third-order valence-corrected chi connectivity index (χ3v) is 2.96. The molecule has 0 fully saturated rings. The molecule has 102 valence electrons. The van der Waals surface area contributed by atoms with Crippen LogP contribution in [0.3, 0.4) is 0 Å². The van der Waals surface area contributed by atoms with Crippen molar-refractivity contribution >= 4 is 17.5 Å². The highest BCUT2D eigenvalue weighted by Crippen LogP contribution is 2.31. The van der Waals surface area contributed by atoms with Crippen molar-refractivity contribution < 1.29 is 19.4 Å². The van der Waals surface area contributed by atoms with E-state index in [1.807, 2.05) is 6.07 Å². The summed E-state index contributed by atoms with van der Waals surface area (Å²) in [6, 6.07) is 5.36. The summed E-state index contributed by atoms with van der Waals surface area (Å²) in [6.07, 6.45) is -1.04. The maximum absolute atomic E-state index is 11.5. The van der Waals surface area contributed by atoms with E-state index < -0.39 is 12.0 Å². The Labute approximate surface area is 111 Å². The number of benzene rings is 1. The Hall–Kier alpha value is -2.08. The molecule has 2 amide bonds. The molecule has 1 heterocycles. The summed E-state index contributed by atoms with van der Waals surface area (Å²) in [5, 5.41) is 11.7. The number of anilines is 1. The molecule has 2 N–H and O–H groups in total. The molecule has 6 heteroatoms. The Kier molecular flexibility index (Phi) is 3.71. The lowest BCUT2D eigenvalue weighted by atomic mass is 10.1. The Bertz CT molecular complexity index is 513. The average Bonchev–Trinajstić information content (AvgIpc) is 2.40. The number of aliphatic hydroxyl groups is 1. The molecule has 0 aliphatic carbocycles. The molecule has 1 unspecified atom stereocenters. The maximum Gasteiger partial charge on any atom is 0.264 e. The van der Waals surface area contributed by atoms with Crippen LogP contribution >= 0.6 is 0 Å². The van der Waals surface area contributed by atoms with Crippen LogP contribution in [0.15, 0.2) is 18.2 Å². The number of fused-ring (bicyclic) bond motifs is 1. The highest BCUT2D eigenvalue weighted by molar-refractivity contribution is 5.97. The van der Waals surface area contributed by atoms with Crippen LogP contribution in [-0.4, -0.2) is 36.7 Å². The first-order chi connectivity index (χ1) is 8.99. The Morgan fingerprint density at radius 3 is 3.00 bits per heavy atom. The van der Waals surface area contributed by atoms with Crippen LogP contribution in [0.1, 0.15) is 12.5 Å². The highest BCUT2D eigenvalue weighted by Gasteiger charge is 2.22. The van der Waals surface area contributed by atoms with Crippen LogP contribution in [-0.2, 0) is 16.1 Å². The zero-order chi connectivity index (χ0) is 14.0. The van der Waals surface area contributed by atoms with Crippen molar-refractivity contribution in [1.29, 1.82) is 0 Å². The zero-order valence-corrected chi connectivity index (χ0v) is 10.8. The molecular weight excluding hydrogens is 248 g/mol. The van der Waals surface area contributed by atoms with Gasteiger partial charge in [0.05, 0.1) is 5.69 Å². The molecule has 6 nitrogen and oxygen atoms in total. The van der Waals surface area contributed by atoms with Crippen molar-refractivity contribution in [2.45, 2.75) is 19.6 Å². The van der Waals surface area contributed by atoms with Gasteiger partial charge in [-0.25, -0.2) is 0 Å². The number of hydrogen-bond donors (Lipinski definition) is 2. The molecule has 0 aromatic heterocycles. The summed E-state index contributed by atoms with van der Waals surface area (Å²) in [7, 11) is 1.68. The predicted octanol–water partition coefficient (Wildman–Crippen LogP) is 0.0388. The van der Waals surface area contributed by atoms with Gasteiger partial charge < -0.3 is 20.1 Å². The normalized spacial score (nSPS) is 15.5. The lowest BCUT2D eigenvalue weighted by Gasteiger charge is -2.26. The number of likely N-dealkylation sites (N-methyl/N-ethyl adjacent to an activating group) is 1. The van der Waals surface area contributed by atoms with Crippen LogP contribution in [0.25, 0.3) is 0 Å². The third-order valence-electron chi connectivity index (χ3n) is 2.96. The van der Waals surface area contributed by atoms with Crippen LogP contribution in [0.2, 0.25) is 0 Å². The second-order valence-electron chi connectivity index (χ2n) is 4.44. The zero-order valence-electron chi connectivity index (χ0n) is 10.8. The number of rotatable bonds is 3. The molecule has 0 saturated carbocycles. The van der Waals surface area contributed by atoms with E-state index >= 15 is 0 Å². The van der Waals surface area contributed by atoms with Gasteiger partial charge in [-0.05, 0) is 24.6 Å². The molecule has 0 spiro atoms. The van der Waals surface area contributed by atoms with E-state index in [4.69, 9.17) is 9.84 Å². The Balaban J connectivity index is 2.12. The molecule has 1 aromatic carbocycles. The number of hydrogen-bond acceptors (Lipinski definition) is 4. The minimum Gasteiger partial charge on any atom is -0.482 e. The standard InChI is InChI=1S/C13H16N2O4/c1-8(16)13(18)14-6-9-3-4-11-10(5-9)15(2)12(17)7-19-11/h3-5,8,16H,6-7H2,1-2H3,(H,14,18). The molecule has 1 aliphatic rings. The van der Waals surface area contributed by atoms with Gasteiger partial charge in [0.15, 0.2) is 6.61 Å². The van der Waals surface area contributed by atoms with E-state index in [-0.39, 0.29) is 12.5 Å². The number of carbonyl (C=O) groups is 2. The minimum atomic E-state index is -1.04. The van der Waals surface area contributed by atoms with E-state index in [1.165, 1.54) is 11.8 Å². The molecule has 2 rings (SSSR count). The van der Waals surface area contributed by atoms with Gasteiger partial charge in [-0.3, -0.25) is 9.59 Å². The molecule has 1 atom stereocenters. The topological polar surface area (TPSA) is 78.9 Å². The number of nitrogens with zero attached hydrogens (tertiary/aromatic N) is 1. The summed E-state index contributed by atoms with van der Waals surface area (Å²) in [6.45, 7) is 1.74. The van der Waals surface area contributed by atoms with Gasteiger partial charge in [0.2, 0.25) is 5.91 Å². The van der Waals surface area contributed by atoms with Gasteiger partial charge in [0.25, 0.3) is 5.91 Å². The van der Waals surface area contributed by atoms with Crippen molar-refractivity contribution in [3.05, 3.63) is 23.8 Å². The number of carbonyl (C=O) groups excluding carboxylic acids is 2. The van der Waals surface area contributed by atoms with Crippen LogP contribution in [0.5, 0.6) is 5.75 Å². The van der Waals surface area contributed by atoms with Crippen molar-refractivity contribution in [3.8, 4) is 5.75 Å².